The van der Waals surface area contributed by atoms with Crippen LogP contribution in [-0.2, 0) is 4.79 Å². The van der Waals surface area contributed by atoms with Gasteiger partial charge in [-0.15, -0.1) is 0 Å². The molecule has 27 heavy (non-hydrogen) atoms. The van der Waals surface area contributed by atoms with E-state index in [0.717, 1.165) is 45.3 Å². The van der Waals surface area contributed by atoms with Gasteiger partial charge in [0.2, 0.25) is 5.91 Å². The number of piperidine rings is 2. The van der Waals surface area contributed by atoms with Crippen LogP contribution in [0.5, 0.6) is 0 Å². The van der Waals surface area contributed by atoms with E-state index in [9.17, 15) is 9.59 Å². The zero-order valence-electron chi connectivity index (χ0n) is 15.6. The normalized spacial score (nSPS) is 30.6. The first-order valence-corrected chi connectivity index (χ1v) is 10.1. The van der Waals surface area contributed by atoms with E-state index in [1.165, 1.54) is 0 Å². The van der Waals surface area contributed by atoms with Gasteiger partial charge in [0.05, 0.1) is 0 Å². The number of hydrogen-bond acceptors (Lipinski definition) is 5. The van der Waals surface area contributed by atoms with Crippen LogP contribution in [-0.4, -0.2) is 61.0 Å². The van der Waals surface area contributed by atoms with Gasteiger partial charge in [0.15, 0.2) is 0 Å². The van der Waals surface area contributed by atoms with Crippen LogP contribution in [0.1, 0.15) is 36.0 Å². The van der Waals surface area contributed by atoms with Crippen molar-refractivity contribution in [2.24, 2.45) is 5.92 Å². The summed E-state index contributed by atoms with van der Waals surface area (Å²) in [5.74, 6) is 0.371. The summed E-state index contributed by atoms with van der Waals surface area (Å²) in [4.78, 5) is 27.6. The van der Waals surface area contributed by atoms with Crippen LogP contribution in [0.2, 0.25) is 0 Å². The molecule has 2 amide bonds. The van der Waals surface area contributed by atoms with Crippen molar-refractivity contribution in [2.45, 2.75) is 43.8 Å². The first-order valence-electron chi connectivity index (χ1n) is 10.1. The molecule has 3 heterocycles. The van der Waals surface area contributed by atoms with Crippen molar-refractivity contribution in [2.75, 3.05) is 26.2 Å². The number of likely N-dealkylation sites (tertiary alicyclic amines) is 1. The molecule has 146 valence electrons. The average molecular weight is 371 g/mol. The van der Waals surface area contributed by atoms with Gasteiger partial charge in [0.25, 0.3) is 5.91 Å². The van der Waals surface area contributed by atoms with E-state index < -0.39 is 0 Å². The third kappa shape index (κ3) is 4.00. The van der Waals surface area contributed by atoms with Crippen molar-refractivity contribution in [1.29, 1.82) is 0 Å². The number of hydrogen-bond donors (Lipinski definition) is 4. The molecule has 3 saturated heterocycles. The second-order valence-corrected chi connectivity index (χ2v) is 7.79. The summed E-state index contributed by atoms with van der Waals surface area (Å²) in [6, 6.07) is 9.48. The lowest BCUT2D eigenvalue weighted by molar-refractivity contribution is -0.137. The zero-order chi connectivity index (χ0) is 18.6. The van der Waals surface area contributed by atoms with Crippen molar-refractivity contribution < 1.29 is 9.59 Å². The molecule has 1 aromatic rings. The summed E-state index contributed by atoms with van der Waals surface area (Å²) in [5, 5.41) is 6.42. The molecule has 3 aliphatic rings. The minimum absolute atomic E-state index is 0.0660. The molecule has 0 aromatic heterocycles. The van der Waals surface area contributed by atoms with Crippen LogP contribution in [0, 0.1) is 5.92 Å². The number of carbonyl (C=O) groups excluding carboxylic acids is 2. The fourth-order valence-corrected chi connectivity index (χ4v) is 4.54. The first kappa shape index (κ1) is 18.4. The van der Waals surface area contributed by atoms with Crippen LogP contribution < -0.4 is 21.5 Å². The van der Waals surface area contributed by atoms with E-state index >= 15 is 0 Å². The van der Waals surface area contributed by atoms with Crippen LogP contribution in [0.3, 0.4) is 0 Å². The monoisotopic (exact) mass is 371 g/mol. The highest BCUT2D eigenvalue weighted by Gasteiger charge is 2.44. The van der Waals surface area contributed by atoms with Gasteiger partial charge in [-0.3, -0.25) is 15.0 Å². The summed E-state index contributed by atoms with van der Waals surface area (Å²) < 4.78 is 0. The highest BCUT2D eigenvalue weighted by molar-refractivity contribution is 5.94. The second-order valence-electron chi connectivity index (χ2n) is 7.79. The maximum absolute atomic E-state index is 13.3. The van der Waals surface area contributed by atoms with Gasteiger partial charge in [0.1, 0.15) is 6.04 Å². The van der Waals surface area contributed by atoms with Crippen LogP contribution in [0.15, 0.2) is 30.3 Å². The molecule has 4 N–H and O–H groups in total. The fourth-order valence-electron chi connectivity index (χ4n) is 4.54. The van der Waals surface area contributed by atoms with Crippen molar-refractivity contribution in [1.82, 2.24) is 26.4 Å². The number of rotatable bonds is 4. The van der Waals surface area contributed by atoms with Crippen molar-refractivity contribution in [3.63, 3.8) is 0 Å². The number of nitrogens with zero attached hydrogens (tertiary/aromatic N) is 1. The lowest BCUT2D eigenvalue weighted by Gasteiger charge is -2.38. The highest BCUT2D eigenvalue weighted by atomic mass is 16.2. The molecule has 7 heteroatoms. The second kappa shape index (κ2) is 8.37. The lowest BCUT2D eigenvalue weighted by atomic mass is 9.88. The Morgan fingerprint density at radius 3 is 2.81 bits per heavy atom. The quantitative estimate of drug-likeness (QED) is 0.610. The molecular weight excluding hydrogens is 342 g/mol. The van der Waals surface area contributed by atoms with Gasteiger partial charge in [0, 0.05) is 43.2 Å². The number of hydrazine groups is 1. The standard InChI is InChI=1S/C20H29N5O2/c26-19(14-6-2-1-3-7-14)22-12-15-8-4-5-11-25(15)20(27)18-16-13-21-10-9-17(16)23-24-18/h1-3,6-7,15-18,21,23-24H,4-5,8-13H2,(H,22,26). The molecule has 3 fully saturated rings. The van der Waals surface area contributed by atoms with E-state index in [1.807, 2.05) is 35.2 Å². The third-order valence-electron chi connectivity index (χ3n) is 6.09. The minimum atomic E-state index is -0.187. The Morgan fingerprint density at radius 1 is 1.11 bits per heavy atom. The molecule has 1 aromatic carbocycles. The van der Waals surface area contributed by atoms with Gasteiger partial charge >= 0.3 is 0 Å². The lowest BCUT2D eigenvalue weighted by Crippen LogP contribution is -2.56. The topological polar surface area (TPSA) is 85.5 Å². The van der Waals surface area contributed by atoms with Gasteiger partial charge in [-0.25, -0.2) is 5.43 Å². The Balaban J connectivity index is 1.38. The molecule has 0 radical (unpaired) electrons. The fraction of sp³-hybridized carbons (Fsp3) is 0.600. The Labute approximate surface area is 160 Å². The number of amides is 2. The molecule has 4 unspecified atom stereocenters. The smallest absolute Gasteiger partial charge is 0.251 e. The predicted octanol–water partition coefficient (Wildman–Crippen LogP) is 0.252. The van der Waals surface area contributed by atoms with E-state index in [0.29, 0.717) is 18.2 Å². The molecule has 4 rings (SSSR count). The molecule has 0 saturated carbocycles. The van der Waals surface area contributed by atoms with Crippen molar-refractivity contribution in [3.8, 4) is 0 Å². The van der Waals surface area contributed by atoms with Crippen LogP contribution >= 0.6 is 0 Å². The van der Waals surface area contributed by atoms with Gasteiger partial charge in [-0.2, -0.15) is 0 Å². The van der Waals surface area contributed by atoms with Gasteiger partial charge in [-0.1, -0.05) is 18.2 Å². The number of benzene rings is 1. The van der Waals surface area contributed by atoms with E-state index in [4.69, 9.17) is 0 Å². The van der Waals surface area contributed by atoms with Crippen molar-refractivity contribution >= 4 is 11.8 Å². The van der Waals surface area contributed by atoms with Crippen LogP contribution in [0.25, 0.3) is 0 Å². The Kier molecular flexibility index (Phi) is 5.71. The SMILES string of the molecule is O=C(NCC1CCCCN1C(=O)C1NNC2CCNCC21)c1ccccc1. The third-order valence-corrected chi connectivity index (χ3v) is 6.09. The molecular formula is C20H29N5O2. The maximum Gasteiger partial charge on any atom is 0.251 e. The number of carbonyl (C=O) groups is 2. The van der Waals surface area contributed by atoms with Gasteiger partial charge < -0.3 is 15.5 Å². The van der Waals surface area contributed by atoms with E-state index in [1.54, 1.807) is 0 Å². The summed E-state index contributed by atoms with van der Waals surface area (Å²) in [7, 11) is 0. The largest absolute Gasteiger partial charge is 0.350 e. The number of fused-ring (bicyclic) bond motifs is 1. The van der Waals surface area contributed by atoms with Gasteiger partial charge in [-0.05, 0) is 44.4 Å². The first-order chi connectivity index (χ1) is 13.2. The molecule has 0 spiro atoms. The maximum atomic E-state index is 13.3. The molecule has 4 atom stereocenters. The predicted molar refractivity (Wildman–Crippen MR) is 103 cm³/mol. The zero-order valence-corrected chi connectivity index (χ0v) is 15.6. The molecule has 0 bridgehead atoms. The summed E-state index contributed by atoms with van der Waals surface area (Å²) >= 11 is 0. The molecule has 3 aliphatic heterocycles. The Bertz CT molecular complexity index is 668. The van der Waals surface area contributed by atoms with E-state index in [-0.39, 0.29) is 29.8 Å². The highest BCUT2D eigenvalue weighted by Crippen LogP contribution is 2.25. The van der Waals surface area contributed by atoms with Crippen molar-refractivity contribution in [3.05, 3.63) is 35.9 Å². The Morgan fingerprint density at radius 2 is 1.96 bits per heavy atom. The number of nitrogens with one attached hydrogen (secondary N) is 4. The summed E-state index contributed by atoms with van der Waals surface area (Å²) in [5.41, 5.74) is 7.20. The molecule has 7 nitrogen and oxygen atoms in total. The summed E-state index contributed by atoms with van der Waals surface area (Å²) in [6.07, 6.45) is 4.10. The molecule has 0 aliphatic carbocycles. The van der Waals surface area contributed by atoms with Crippen LogP contribution in [0.4, 0.5) is 0 Å². The Hall–Kier alpha value is -1.96. The minimum Gasteiger partial charge on any atom is -0.350 e. The average Bonchev–Trinajstić information content (AvgIpc) is 3.16. The van der Waals surface area contributed by atoms with E-state index in [2.05, 4.69) is 21.5 Å². The summed E-state index contributed by atoms with van der Waals surface area (Å²) in [6.45, 7) is 3.14.